The van der Waals surface area contributed by atoms with Crippen LogP contribution in [0.4, 0.5) is 0 Å². The molecule has 0 heterocycles. The highest BCUT2D eigenvalue weighted by molar-refractivity contribution is 5.78. The van der Waals surface area contributed by atoms with Gasteiger partial charge in [-0.25, -0.2) is 0 Å². The van der Waals surface area contributed by atoms with Gasteiger partial charge >= 0.3 is 0 Å². The molecule has 1 amide bonds. The molecule has 70 valence electrons. The first-order valence-corrected chi connectivity index (χ1v) is 4.14. The van der Waals surface area contributed by atoms with Crippen molar-refractivity contribution in [3.8, 4) is 0 Å². The van der Waals surface area contributed by atoms with Crippen molar-refractivity contribution in [1.29, 1.82) is 0 Å². The summed E-state index contributed by atoms with van der Waals surface area (Å²) in [6.45, 7) is 8.14. The van der Waals surface area contributed by atoms with Crippen LogP contribution in [-0.2, 0) is 4.79 Å². The Kier molecular flexibility index (Phi) is 5.37. The minimum Gasteiger partial charge on any atom is -0.395 e. The van der Waals surface area contributed by atoms with Gasteiger partial charge in [0.15, 0.2) is 0 Å². The topological polar surface area (TPSA) is 40.5 Å². The zero-order chi connectivity index (χ0) is 9.56. The fourth-order valence-electron chi connectivity index (χ4n) is 0.933. The van der Waals surface area contributed by atoms with E-state index >= 15 is 0 Å². The Bertz CT molecular complexity index is 155. The molecule has 3 heteroatoms. The van der Waals surface area contributed by atoms with Crippen LogP contribution < -0.4 is 0 Å². The minimum absolute atomic E-state index is 0.00625. The van der Waals surface area contributed by atoms with Crippen molar-refractivity contribution in [1.82, 2.24) is 4.90 Å². The van der Waals surface area contributed by atoms with Gasteiger partial charge in [-0.3, -0.25) is 4.79 Å². The van der Waals surface area contributed by atoms with E-state index in [2.05, 4.69) is 6.58 Å². The van der Waals surface area contributed by atoms with Gasteiger partial charge in [-0.1, -0.05) is 19.9 Å². The smallest absolute Gasteiger partial charge is 0.225 e. The number of carbonyl (C=O) groups is 1. The molecule has 0 aromatic carbocycles. The molecule has 12 heavy (non-hydrogen) atoms. The molecule has 0 aliphatic rings. The molecule has 3 nitrogen and oxygen atoms in total. The van der Waals surface area contributed by atoms with Crippen LogP contribution >= 0.6 is 0 Å². The van der Waals surface area contributed by atoms with E-state index in [0.717, 1.165) is 0 Å². The van der Waals surface area contributed by atoms with Crippen molar-refractivity contribution in [2.24, 2.45) is 5.92 Å². The summed E-state index contributed by atoms with van der Waals surface area (Å²) in [4.78, 5) is 13.0. The minimum atomic E-state index is -0.0171. The van der Waals surface area contributed by atoms with E-state index < -0.39 is 0 Å². The van der Waals surface area contributed by atoms with Crippen LogP contribution in [0.2, 0.25) is 0 Å². The molecule has 0 aliphatic carbocycles. The summed E-state index contributed by atoms with van der Waals surface area (Å²) in [7, 11) is 0. The first-order chi connectivity index (χ1) is 5.63. The maximum atomic E-state index is 11.4. The van der Waals surface area contributed by atoms with Crippen molar-refractivity contribution in [2.75, 3.05) is 19.7 Å². The number of aliphatic hydroxyl groups excluding tert-OH is 1. The third-order valence-electron chi connectivity index (χ3n) is 1.52. The highest BCUT2D eigenvalue weighted by Gasteiger charge is 2.14. The molecule has 0 saturated heterocycles. The Labute approximate surface area is 73.7 Å². The molecule has 0 bridgehead atoms. The number of rotatable bonds is 5. The Morgan fingerprint density at radius 2 is 2.25 bits per heavy atom. The summed E-state index contributed by atoms with van der Waals surface area (Å²) in [5.74, 6) is 0.0421. The molecule has 0 spiro atoms. The molecule has 0 rings (SSSR count). The zero-order valence-electron chi connectivity index (χ0n) is 7.79. The van der Waals surface area contributed by atoms with E-state index in [9.17, 15) is 4.79 Å². The third kappa shape index (κ3) is 3.53. The lowest BCUT2D eigenvalue weighted by Gasteiger charge is -2.21. The van der Waals surface area contributed by atoms with E-state index in [1.54, 1.807) is 11.0 Å². The largest absolute Gasteiger partial charge is 0.395 e. The lowest BCUT2D eigenvalue weighted by Crippen LogP contribution is -2.36. The third-order valence-corrected chi connectivity index (χ3v) is 1.52. The van der Waals surface area contributed by atoms with Crippen LogP contribution in [0, 0.1) is 5.92 Å². The summed E-state index contributed by atoms with van der Waals surface area (Å²) in [5.41, 5.74) is 0. The quantitative estimate of drug-likeness (QED) is 0.617. The number of amides is 1. The van der Waals surface area contributed by atoms with Crippen LogP contribution in [0.5, 0.6) is 0 Å². The number of aliphatic hydroxyl groups is 1. The normalized spacial score (nSPS) is 10.0. The molecule has 1 N–H and O–H groups in total. The van der Waals surface area contributed by atoms with Crippen LogP contribution in [-0.4, -0.2) is 35.6 Å². The number of nitrogens with zero attached hydrogens (tertiary/aromatic N) is 1. The molecular weight excluding hydrogens is 154 g/mol. The van der Waals surface area contributed by atoms with E-state index in [-0.39, 0.29) is 18.4 Å². The van der Waals surface area contributed by atoms with E-state index in [0.29, 0.717) is 13.1 Å². The van der Waals surface area contributed by atoms with E-state index in [4.69, 9.17) is 5.11 Å². The zero-order valence-corrected chi connectivity index (χ0v) is 7.79. The summed E-state index contributed by atoms with van der Waals surface area (Å²) < 4.78 is 0. The highest BCUT2D eigenvalue weighted by atomic mass is 16.3. The van der Waals surface area contributed by atoms with Crippen molar-refractivity contribution in [3.63, 3.8) is 0 Å². The fourth-order valence-corrected chi connectivity index (χ4v) is 0.933. The predicted molar refractivity (Wildman–Crippen MR) is 48.7 cm³/mol. The first-order valence-electron chi connectivity index (χ1n) is 4.14. The van der Waals surface area contributed by atoms with Crippen molar-refractivity contribution in [2.45, 2.75) is 13.8 Å². The van der Waals surface area contributed by atoms with Crippen LogP contribution in [0.15, 0.2) is 12.7 Å². The summed E-state index contributed by atoms with van der Waals surface area (Å²) in [6, 6.07) is 0. The number of hydrogen-bond acceptors (Lipinski definition) is 2. The molecule has 0 unspecified atom stereocenters. The molecule has 0 atom stereocenters. The monoisotopic (exact) mass is 171 g/mol. The Balaban J connectivity index is 4.08. The van der Waals surface area contributed by atoms with E-state index in [1.807, 2.05) is 13.8 Å². The fraction of sp³-hybridized carbons (Fsp3) is 0.667. The second-order valence-corrected chi connectivity index (χ2v) is 2.95. The maximum absolute atomic E-state index is 11.4. The van der Waals surface area contributed by atoms with Gasteiger partial charge in [0.1, 0.15) is 0 Å². The molecule has 0 radical (unpaired) electrons. The summed E-state index contributed by atoms with van der Waals surface area (Å²) in [5, 5.41) is 8.67. The first kappa shape index (κ1) is 11.2. The lowest BCUT2D eigenvalue weighted by atomic mass is 10.2. The molecular formula is C9H17NO2. The van der Waals surface area contributed by atoms with Gasteiger partial charge in [0.25, 0.3) is 0 Å². The van der Waals surface area contributed by atoms with Gasteiger partial charge in [0, 0.05) is 19.0 Å². The second kappa shape index (κ2) is 5.77. The molecule has 0 aromatic rings. The van der Waals surface area contributed by atoms with Gasteiger partial charge in [-0.05, 0) is 0 Å². The predicted octanol–water partition coefficient (Wildman–Crippen LogP) is 0.649. The molecule has 0 aliphatic heterocycles. The van der Waals surface area contributed by atoms with Gasteiger partial charge in [0.05, 0.1) is 6.61 Å². The van der Waals surface area contributed by atoms with E-state index in [1.165, 1.54) is 0 Å². The Morgan fingerprint density at radius 3 is 2.58 bits per heavy atom. The van der Waals surface area contributed by atoms with Crippen molar-refractivity contribution < 1.29 is 9.90 Å². The average Bonchev–Trinajstić information content (AvgIpc) is 2.03. The van der Waals surface area contributed by atoms with Gasteiger partial charge in [-0.2, -0.15) is 0 Å². The van der Waals surface area contributed by atoms with Gasteiger partial charge in [0.2, 0.25) is 5.91 Å². The van der Waals surface area contributed by atoms with Crippen LogP contribution in [0.3, 0.4) is 0 Å². The van der Waals surface area contributed by atoms with Gasteiger partial charge < -0.3 is 10.0 Å². The molecule has 0 fully saturated rings. The summed E-state index contributed by atoms with van der Waals surface area (Å²) >= 11 is 0. The van der Waals surface area contributed by atoms with Crippen molar-refractivity contribution in [3.05, 3.63) is 12.7 Å². The SMILES string of the molecule is C=CCN(CCO)C(=O)C(C)C. The standard InChI is InChI=1S/C9H17NO2/c1-4-5-10(6-7-11)9(12)8(2)3/h4,8,11H,1,5-7H2,2-3H3. The molecule has 0 saturated carbocycles. The van der Waals surface area contributed by atoms with Crippen LogP contribution in [0.1, 0.15) is 13.8 Å². The van der Waals surface area contributed by atoms with Gasteiger partial charge in [-0.15, -0.1) is 6.58 Å². The van der Waals surface area contributed by atoms with Crippen molar-refractivity contribution >= 4 is 5.91 Å². The summed E-state index contributed by atoms with van der Waals surface area (Å²) in [6.07, 6.45) is 1.66. The maximum Gasteiger partial charge on any atom is 0.225 e. The number of carbonyl (C=O) groups excluding carboxylic acids is 1. The number of hydrogen-bond donors (Lipinski definition) is 1. The average molecular weight is 171 g/mol. The second-order valence-electron chi connectivity index (χ2n) is 2.95. The Morgan fingerprint density at radius 1 is 1.67 bits per heavy atom. The molecule has 0 aromatic heterocycles. The lowest BCUT2D eigenvalue weighted by molar-refractivity contribution is -0.134. The highest BCUT2D eigenvalue weighted by Crippen LogP contribution is 2.00. The van der Waals surface area contributed by atoms with Crippen LogP contribution in [0.25, 0.3) is 0 Å². The Hall–Kier alpha value is -0.830.